The second kappa shape index (κ2) is 8.64. The molecule has 4 rings (SSSR count). The summed E-state index contributed by atoms with van der Waals surface area (Å²) in [5, 5.41) is 17.4. The van der Waals surface area contributed by atoms with Gasteiger partial charge in [-0.3, -0.25) is 4.79 Å². The van der Waals surface area contributed by atoms with Crippen molar-refractivity contribution in [3.8, 4) is 11.5 Å². The first-order valence-corrected chi connectivity index (χ1v) is 9.52. The average molecular weight is 433 g/mol. The van der Waals surface area contributed by atoms with Crippen LogP contribution in [0.5, 0.6) is 11.5 Å². The van der Waals surface area contributed by atoms with E-state index < -0.39 is 4.92 Å². The van der Waals surface area contributed by atoms with Crippen LogP contribution in [0, 0.1) is 10.1 Å². The summed E-state index contributed by atoms with van der Waals surface area (Å²) in [4.78, 5) is 28.0. The van der Waals surface area contributed by atoms with Crippen molar-refractivity contribution in [2.45, 2.75) is 0 Å². The number of carbonyl (C=O) groups excluding carboxylic acids is 1. The molecule has 2 heterocycles. The van der Waals surface area contributed by atoms with Crippen LogP contribution < -0.4 is 20.1 Å². The summed E-state index contributed by atoms with van der Waals surface area (Å²) in [7, 11) is 2.91. The van der Waals surface area contributed by atoms with Crippen LogP contribution in [0.25, 0.3) is 5.65 Å². The minimum absolute atomic E-state index is 0.0441. The minimum Gasteiger partial charge on any atom is -0.494 e. The second-order valence-corrected chi connectivity index (χ2v) is 6.67. The van der Waals surface area contributed by atoms with Crippen molar-refractivity contribution in [2.75, 3.05) is 24.9 Å². The van der Waals surface area contributed by atoms with Gasteiger partial charge in [-0.25, -0.2) is 0 Å². The highest BCUT2D eigenvalue weighted by Gasteiger charge is 2.24. The molecule has 0 bridgehead atoms. The molecule has 0 unspecified atom stereocenters. The first-order valence-electron chi connectivity index (χ1n) is 9.52. The summed E-state index contributed by atoms with van der Waals surface area (Å²) < 4.78 is 12.2. The largest absolute Gasteiger partial charge is 0.494 e. The van der Waals surface area contributed by atoms with E-state index in [1.165, 1.54) is 18.6 Å². The fraction of sp³-hybridized carbons (Fsp3) is 0.0909. The number of carbonyl (C=O) groups is 1. The molecule has 2 N–H and O–H groups in total. The van der Waals surface area contributed by atoms with E-state index in [1.807, 2.05) is 6.07 Å². The molecule has 0 aliphatic carbocycles. The Morgan fingerprint density at radius 2 is 1.66 bits per heavy atom. The molecule has 0 atom stereocenters. The normalized spacial score (nSPS) is 10.6. The fourth-order valence-corrected chi connectivity index (χ4v) is 3.25. The molecule has 0 aliphatic rings. The molecule has 0 saturated heterocycles. The van der Waals surface area contributed by atoms with Crippen molar-refractivity contribution < 1.29 is 19.2 Å². The predicted molar refractivity (Wildman–Crippen MR) is 119 cm³/mol. The second-order valence-electron chi connectivity index (χ2n) is 6.67. The molecule has 2 aromatic heterocycles. The highest BCUT2D eigenvalue weighted by molar-refractivity contribution is 6.05. The maximum atomic E-state index is 12.6. The number of methoxy groups -OCH3 is 2. The number of anilines is 3. The van der Waals surface area contributed by atoms with E-state index in [9.17, 15) is 14.9 Å². The van der Waals surface area contributed by atoms with Gasteiger partial charge in [-0.1, -0.05) is 24.3 Å². The Labute approximate surface area is 182 Å². The molecule has 2 aromatic carbocycles. The van der Waals surface area contributed by atoms with Gasteiger partial charge in [0.05, 0.1) is 31.8 Å². The average Bonchev–Trinajstić information content (AvgIpc) is 3.18. The quantitative estimate of drug-likeness (QED) is 0.330. The Hall–Kier alpha value is -4.60. The summed E-state index contributed by atoms with van der Waals surface area (Å²) in [5.74, 6) is 0.179. The number of fused-ring (bicyclic) bond motifs is 1. The molecular formula is C22H19N5O5. The molecule has 0 saturated carbocycles. The fourth-order valence-electron chi connectivity index (χ4n) is 3.25. The standard InChI is InChI=1S/C22H19N5O5/c1-31-17-13-16(24-21(28)14-8-4-3-5-9-14)18(32-2)12-15(17)23-20-22(27(29)30)26-11-7-6-10-19(26)25-20/h3-13,23H,1-2H3,(H,24,28). The molecule has 4 aromatic rings. The van der Waals surface area contributed by atoms with Gasteiger partial charge in [0.25, 0.3) is 5.91 Å². The molecule has 10 nitrogen and oxygen atoms in total. The smallest absolute Gasteiger partial charge is 0.372 e. The van der Waals surface area contributed by atoms with Gasteiger partial charge in [-0.15, -0.1) is 0 Å². The van der Waals surface area contributed by atoms with Crippen molar-refractivity contribution in [3.05, 3.63) is 82.5 Å². The van der Waals surface area contributed by atoms with Crippen LogP contribution >= 0.6 is 0 Å². The van der Waals surface area contributed by atoms with Crippen LogP contribution in [-0.4, -0.2) is 34.4 Å². The number of rotatable bonds is 7. The molecular weight excluding hydrogens is 414 g/mol. The molecule has 162 valence electrons. The number of amides is 1. The Kier molecular flexibility index (Phi) is 5.58. The van der Waals surface area contributed by atoms with E-state index in [2.05, 4.69) is 15.6 Å². The van der Waals surface area contributed by atoms with Crippen molar-refractivity contribution in [3.63, 3.8) is 0 Å². The Bertz CT molecular complexity index is 1300. The third kappa shape index (κ3) is 3.88. The van der Waals surface area contributed by atoms with Crippen LogP contribution in [0.2, 0.25) is 0 Å². The predicted octanol–water partition coefficient (Wildman–Crippen LogP) is 4.26. The van der Waals surface area contributed by atoms with Gasteiger partial charge in [-0.05, 0) is 23.1 Å². The van der Waals surface area contributed by atoms with Crippen molar-refractivity contribution in [1.29, 1.82) is 0 Å². The third-order valence-electron chi connectivity index (χ3n) is 4.74. The molecule has 0 aliphatic heterocycles. The molecule has 0 spiro atoms. The van der Waals surface area contributed by atoms with Gasteiger partial charge in [0.15, 0.2) is 0 Å². The summed E-state index contributed by atoms with van der Waals surface area (Å²) in [5.41, 5.74) is 1.66. The summed E-state index contributed by atoms with van der Waals surface area (Å²) in [6.45, 7) is 0. The Balaban J connectivity index is 1.72. The van der Waals surface area contributed by atoms with E-state index >= 15 is 0 Å². The number of hydrogen-bond donors (Lipinski definition) is 2. The number of aromatic nitrogens is 2. The molecule has 32 heavy (non-hydrogen) atoms. The van der Waals surface area contributed by atoms with Crippen LogP contribution in [0.3, 0.4) is 0 Å². The Morgan fingerprint density at radius 1 is 1.00 bits per heavy atom. The number of nitrogens with zero attached hydrogens (tertiary/aromatic N) is 3. The minimum atomic E-state index is -0.513. The third-order valence-corrected chi connectivity index (χ3v) is 4.74. The summed E-state index contributed by atoms with van der Waals surface area (Å²) in [6, 6.07) is 17.0. The lowest BCUT2D eigenvalue weighted by Crippen LogP contribution is -2.13. The van der Waals surface area contributed by atoms with Gasteiger partial charge >= 0.3 is 5.82 Å². The highest BCUT2D eigenvalue weighted by atomic mass is 16.6. The first-order chi connectivity index (χ1) is 15.5. The van der Waals surface area contributed by atoms with Gasteiger partial charge in [0.2, 0.25) is 11.5 Å². The van der Waals surface area contributed by atoms with Gasteiger partial charge in [0, 0.05) is 23.8 Å². The van der Waals surface area contributed by atoms with Gasteiger partial charge < -0.3 is 30.2 Å². The molecule has 0 fully saturated rings. The lowest BCUT2D eigenvalue weighted by molar-refractivity contribution is -0.389. The van der Waals surface area contributed by atoms with Gasteiger partial charge in [0.1, 0.15) is 11.5 Å². The first kappa shape index (κ1) is 20.7. The number of benzene rings is 2. The molecule has 0 radical (unpaired) electrons. The zero-order valence-corrected chi connectivity index (χ0v) is 17.2. The van der Waals surface area contributed by atoms with Crippen LogP contribution in [-0.2, 0) is 0 Å². The molecule has 1 amide bonds. The van der Waals surface area contributed by atoms with E-state index in [0.29, 0.717) is 34.1 Å². The topological polar surface area (TPSA) is 120 Å². The van der Waals surface area contributed by atoms with Crippen molar-refractivity contribution in [2.24, 2.45) is 0 Å². The number of pyridine rings is 1. The van der Waals surface area contributed by atoms with Crippen LogP contribution in [0.1, 0.15) is 10.4 Å². The van der Waals surface area contributed by atoms with E-state index in [0.717, 1.165) is 0 Å². The maximum absolute atomic E-state index is 12.6. The zero-order valence-electron chi connectivity index (χ0n) is 17.2. The zero-order chi connectivity index (χ0) is 22.7. The van der Waals surface area contributed by atoms with E-state index in [1.54, 1.807) is 60.8 Å². The number of imidazole rings is 1. The number of ether oxygens (including phenoxy) is 2. The van der Waals surface area contributed by atoms with E-state index in [4.69, 9.17) is 9.47 Å². The molecule has 10 heteroatoms. The lowest BCUT2D eigenvalue weighted by atomic mass is 10.2. The highest BCUT2D eigenvalue weighted by Crippen LogP contribution is 2.39. The monoisotopic (exact) mass is 433 g/mol. The lowest BCUT2D eigenvalue weighted by Gasteiger charge is -2.16. The SMILES string of the molecule is COc1cc(Nc2nc3ccccn3c2[N+](=O)[O-])c(OC)cc1NC(=O)c1ccccc1. The van der Waals surface area contributed by atoms with Crippen molar-refractivity contribution >= 4 is 34.6 Å². The van der Waals surface area contributed by atoms with Crippen LogP contribution in [0.15, 0.2) is 66.9 Å². The van der Waals surface area contributed by atoms with Crippen molar-refractivity contribution in [1.82, 2.24) is 9.38 Å². The Morgan fingerprint density at radius 3 is 2.34 bits per heavy atom. The summed E-state index contributed by atoms with van der Waals surface area (Å²) in [6.07, 6.45) is 1.56. The summed E-state index contributed by atoms with van der Waals surface area (Å²) >= 11 is 0. The maximum Gasteiger partial charge on any atom is 0.372 e. The van der Waals surface area contributed by atoms with Crippen LogP contribution in [0.4, 0.5) is 23.0 Å². The number of hydrogen-bond acceptors (Lipinski definition) is 7. The number of nitrogens with one attached hydrogen (secondary N) is 2. The number of nitro groups is 1. The van der Waals surface area contributed by atoms with E-state index in [-0.39, 0.29) is 17.5 Å². The van der Waals surface area contributed by atoms with Gasteiger partial charge in [-0.2, -0.15) is 9.38 Å².